The van der Waals surface area contributed by atoms with Crippen molar-refractivity contribution >= 4 is 5.91 Å². The number of carbonyl (C=O) groups is 1. The van der Waals surface area contributed by atoms with Crippen LogP contribution in [0.2, 0.25) is 0 Å². The highest BCUT2D eigenvalue weighted by molar-refractivity contribution is 5.78. The van der Waals surface area contributed by atoms with Crippen LogP contribution >= 0.6 is 0 Å². The van der Waals surface area contributed by atoms with E-state index in [0.29, 0.717) is 39.0 Å². The number of rotatable bonds is 5. The highest BCUT2D eigenvalue weighted by Crippen LogP contribution is 2.10. The van der Waals surface area contributed by atoms with Crippen LogP contribution in [0.15, 0.2) is 0 Å². The van der Waals surface area contributed by atoms with Crippen LogP contribution in [-0.2, 0) is 14.3 Å². The van der Waals surface area contributed by atoms with Crippen molar-refractivity contribution in [2.24, 2.45) is 0 Å². The molecule has 0 aromatic heterocycles. The summed E-state index contributed by atoms with van der Waals surface area (Å²) in [6.45, 7) is 5.06. The predicted molar refractivity (Wildman–Crippen MR) is 76.7 cm³/mol. The summed E-state index contributed by atoms with van der Waals surface area (Å²) in [5.74, 6) is 0.153. The third-order valence-corrected chi connectivity index (χ3v) is 4.10. The van der Waals surface area contributed by atoms with Gasteiger partial charge < -0.3 is 19.7 Å². The Morgan fingerprint density at radius 2 is 2.00 bits per heavy atom. The molecule has 2 aliphatic rings. The fraction of sp³-hybridized carbons (Fsp3) is 0.929. The van der Waals surface area contributed by atoms with Gasteiger partial charge >= 0.3 is 0 Å². The molecule has 2 heterocycles. The molecule has 2 aliphatic heterocycles. The molecule has 0 radical (unpaired) electrons. The Kier molecular flexibility index (Phi) is 6.22. The van der Waals surface area contributed by atoms with E-state index in [1.807, 2.05) is 14.1 Å². The lowest BCUT2D eigenvalue weighted by molar-refractivity contribution is -0.137. The Balaban J connectivity index is 1.71. The summed E-state index contributed by atoms with van der Waals surface area (Å²) in [5, 5.41) is 3.35. The monoisotopic (exact) mass is 285 g/mol. The maximum atomic E-state index is 12.2. The van der Waals surface area contributed by atoms with Crippen LogP contribution in [0.1, 0.15) is 12.8 Å². The molecule has 0 spiro atoms. The van der Waals surface area contributed by atoms with Crippen LogP contribution in [-0.4, -0.2) is 87.9 Å². The number of nitrogens with zero attached hydrogens (tertiary/aromatic N) is 2. The summed E-state index contributed by atoms with van der Waals surface area (Å²) >= 11 is 0. The Morgan fingerprint density at radius 3 is 2.65 bits per heavy atom. The van der Waals surface area contributed by atoms with Gasteiger partial charge in [0.2, 0.25) is 5.91 Å². The molecular formula is C14H27N3O3. The minimum Gasteiger partial charge on any atom is -0.376 e. The van der Waals surface area contributed by atoms with Crippen molar-refractivity contribution in [3.05, 3.63) is 0 Å². The number of piperidine rings is 1. The zero-order valence-corrected chi connectivity index (χ0v) is 12.6. The van der Waals surface area contributed by atoms with Crippen molar-refractivity contribution in [2.45, 2.75) is 25.0 Å². The fourth-order valence-electron chi connectivity index (χ4n) is 2.76. The van der Waals surface area contributed by atoms with Gasteiger partial charge in [-0.3, -0.25) is 9.69 Å². The zero-order chi connectivity index (χ0) is 14.4. The first-order chi connectivity index (χ1) is 9.66. The Bertz CT molecular complexity index is 302. The normalized spacial score (nSPS) is 24.9. The van der Waals surface area contributed by atoms with Crippen LogP contribution in [0.25, 0.3) is 0 Å². The van der Waals surface area contributed by atoms with Crippen LogP contribution in [0.4, 0.5) is 0 Å². The minimum absolute atomic E-state index is 0.0156. The molecule has 6 nitrogen and oxygen atoms in total. The molecule has 116 valence electrons. The average molecular weight is 285 g/mol. The van der Waals surface area contributed by atoms with Crippen molar-refractivity contribution in [1.82, 2.24) is 15.1 Å². The molecule has 0 aromatic rings. The van der Waals surface area contributed by atoms with Gasteiger partial charge in [0.25, 0.3) is 0 Å². The number of hydrogen-bond donors (Lipinski definition) is 1. The number of hydrogen-bond acceptors (Lipinski definition) is 5. The molecule has 1 N–H and O–H groups in total. The van der Waals surface area contributed by atoms with Gasteiger partial charge in [0, 0.05) is 19.6 Å². The molecule has 2 rings (SSSR count). The molecular weight excluding hydrogens is 258 g/mol. The van der Waals surface area contributed by atoms with Crippen molar-refractivity contribution in [1.29, 1.82) is 0 Å². The van der Waals surface area contributed by atoms with Crippen molar-refractivity contribution in [2.75, 3.05) is 60.1 Å². The number of amides is 1. The second-order valence-electron chi connectivity index (χ2n) is 5.74. The molecule has 6 heteroatoms. The van der Waals surface area contributed by atoms with E-state index >= 15 is 0 Å². The Morgan fingerprint density at radius 1 is 1.25 bits per heavy atom. The van der Waals surface area contributed by atoms with E-state index in [1.54, 1.807) is 4.90 Å². The van der Waals surface area contributed by atoms with Gasteiger partial charge in [0.15, 0.2) is 0 Å². The Hall–Kier alpha value is -0.690. The minimum atomic E-state index is 0.0156. The third kappa shape index (κ3) is 4.70. The SMILES string of the molecule is CN(C[C@@H]1COCCO1)C(=O)CN(C)C1CCNCC1. The molecule has 2 saturated heterocycles. The highest BCUT2D eigenvalue weighted by Gasteiger charge is 2.23. The van der Waals surface area contributed by atoms with E-state index in [2.05, 4.69) is 10.2 Å². The van der Waals surface area contributed by atoms with Crippen LogP contribution in [0, 0.1) is 0 Å². The molecule has 0 bridgehead atoms. The molecule has 0 aromatic carbocycles. The lowest BCUT2D eigenvalue weighted by atomic mass is 10.1. The van der Waals surface area contributed by atoms with Gasteiger partial charge in [-0.25, -0.2) is 0 Å². The van der Waals surface area contributed by atoms with Gasteiger partial charge in [-0.1, -0.05) is 0 Å². The second kappa shape index (κ2) is 7.93. The molecule has 1 amide bonds. The first kappa shape index (κ1) is 15.7. The molecule has 1 atom stereocenters. The van der Waals surface area contributed by atoms with Crippen molar-refractivity contribution in [3.8, 4) is 0 Å². The van der Waals surface area contributed by atoms with E-state index in [0.717, 1.165) is 25.9 Å². The van der Waals surface area contributed by atoms with Crippen LogP contribution in [0.5, 0.6) is 0 Å². The second-order valence-corrected chi connectivity index (χ2v) is 5.74. The van der Waals surface area contributed by atoms with E-state index in [9.17, 15) is 4.79 Å². The number of likely N-dealkylation sites (N-methyl/N-ethyl adjacent to an activating group) is 2. The fourth-order valence-corrected chi connectivity index (χ4v) is 2.76. The maximum Gasteiger partial charge on any atom is 0.236 e. The largest absolute Gasteiger partial charge is 0.376 e. The summed E-state index contributed by atoms with van der Waals surface area (Å²) in [5.41, 5.74) is 0. The summed E-state index contributed by atoms with van der Waals surface area (Å²) in [6, 6.07) is 0.517. The maximum absolute atomic E-state index is 12.2. The van der Waals surface area contributed by atoms with Gasteiger partial charge in [0.05, 0.1) is 32.5 Å². The smallest absolute Gasteiger partial charge is 0.236 e. The zero-order valence-electron chi connectivity index (χ0n) is 12.6. The molecule has 0 aliphatic carbocycles. The van der Waals surface area contributed by atoms with E-state index in [4.69, 9.17) is 9.47 Å². The summed E-state index contributed by atoms with van der Waals surface area (Å²) in [4.78, 5) is 16.2. The van der Waals surface area contributed by atoms with Gasteiger partial charge in [0.1, 0.15) is 0 Å². The topological polar surface area (TPSA) is 54.0 Å². The Labute approximate surface area is 121 Å². The van der Waals surface area contributed by atoms with E-state index in [1.165, 1.54) is 0 Å². The highest BCUT2D eigenvalue weighted by atomic mass is 16.6. The molecule has 2 fully saturated rings. The first-order valence-corrected chi connectivity index (χ1v) is 7.51. The average Bonchev–Trinajstić information content (AvgIpc) is 2.49. The van der Waals surface area contributed by atoms with E-state index in [-0.39, 0.29) is 12.0 Å². The standard InChI is InChI=1S/C14H27N3O3/c1-16(12-3-5-15-6-4-12)10-14(18)17(2)9-13-11-19-7-8-20-13/h12-13,15H,3-11H2,1-2H3/t13-/m1/s1. The molecule has 0 saturated carbocycles. The summed E-state index contributed by atoms with van der Waals surface area (Å²) in [6.07, 6.45) is 2.25. The molecule has 0 unspecified atom stereocenters. The number of ether oxygens (including phenoxy) is 2. The summed E-state index contributed by atoms with van der Waals surface area (Å²) in [7, 11) is 3.89. The van der Waals surface area contributed by atoms with Gasteiger partial charge in [-0.15, -0.1) is 0 Å². The van der Waals surface area contributed by atoms with Crippen LogP contribution < -0.4 is 5.32 Å². The summed E-state index contributed by atoms with van der Waals surface area (Å²) < 4.78 is 10.9. The third-order valence-electron chi connectivity index (χ3n) is 4.10. The quantitative estimate of drug-likeness (QED) is 0.741. The first-order valence-electron chi connectivity index (χ1n) is 7.51. The van der Waals surface area contributed by atoms with E-state index < -0.39 is 0 Å². The predicted octanol–water partition coefficient (Wildman–Crippen LogP) is -0.456. The van der Waals surface area contributed by atoms with Crippen molar-refractivity contribution in [3.63, 3.8) is 0 Å². The van der Waals surface area contributed by atoms with Gasteiger partial charge in [-0.05, 0) is 33.0 Å². The van der Waals surface area contributed by atoms with Gasteiger partial charge in [-0.2, -0.15) is 0 Å². The number of carbonyl (C=O) groups excluding carboxylic acids is 1. The lowest BCUT2D eigenvalue weighted by Crippen LogP contribution is -2.47. The van der Waals surface area contributed by atoms with Crippen LogP contribution in [0.3, 0.4) is 0 Å². The molecule has 20 heavy (non-hydrogen) atoms. The van der Waals surface area contributed by atoms with Crippen molar-refractivity contribution < 1.29 is 14.3 Å². The number of nitrogens with one attached hydrogen (secondary N) is 1. The lowest BCUT2D eigenvalue weighted by Gasteiger charge is -2.33.